The molecule has 3 rings (SSSR count). The third-order valence-corrected chi connectivity index (χ3v) is 3.75. The van der Waals surface area contributed by atoms with Crippen molar-refractivity contribution in [2.45, 2.75) is 26.2 Å². The number of hydrogen-bond donors (Lipinski definition) is 1. The molecule has 0 aliphatic carbocycles. The number of rotatable bonds is 8. The van der Waals surface area contributed by atoms with E-state index in [0.29, 0.717) is 18.0 Å². The fraction of sp³-hybridized carbons (Fsp3) is 0.316. The highest BCUT2D eigenvalue weighted by Crippen LogP contribution is 2.22. The maximum atomic E-state index is 11.6. The van der Waals surface area contributed by atoms with E-state index in [-0.39, 0.29) is 12.6 Å². The molecule has 0 saturated carbocycles. The van der Waals surface area contributed by atoms with Crippen molar-refractivity contribution < 1.29 is 14.3 Å². The van der Waals surface area contributed by atoms with Gasteiger partial charge in [0.15, 0.2) is 12.3 Å². The van der Waals surface area contributed by atoms with Crippen LogP contribution < -0.4 is 4.74 Å². The number of ether oxygens (including phenoxy) is 2. The molecule has 3 aromatic rings. The van der Waals surface area contributed by atoms with Gasteiger partial charge in [0.25, 0.3) is 0 Å². The molecule has 0 fully saturated rings. The molecule has 0 spiro atoms. The van der Waals surface area contributed by atoms with Gasteiger partial charge in [-0.3, -0.25) is 0 Å². The summed E-state index contributed by atoms with van der Waals surface area (Å²) in [5.41, 5.74) is 2.50. The lowest BCUT2D eigenvalue weighted by molar-refractivity contribution is -0.146. The van der Waals surface area contributed by atoms with Gasteiger partial charge in [-0.1, -0.05) is 19.8 Å². The van der Waals surface area contributed by atoms with Crippen LogP contribution in [0.4, 0.5) is 0 Å². The number of pyridine rings is 1. The number of fused-ring (bicyclic) bond motifs is 1. The second-order valence-corrected chi connectivity index (χ2v) is 5.70. The molecule has 0 aliphatic heterocycles. The molecule has 2 aromatic heterocycles. The van der Waals surface area contributed by atoms with Crippen molar-refractivity contribution in [3.05, 3.63) is 42.6 Å². The summed E-state index contributed by atoms with van der Waals surface area (Å²) in [4.78, 5) is 23.5. The predicted octanol–water partition coefficient (Wildman–Crippen LogP) is 3.74. The van der Waals surface area contributed by atoms with Gasteiger partial charge in [0, 0.05) is 11.8 Å². The lowest BCUT2D eigenvalue weighted by atomic mass is 10.2. The Morgan fingerprint density at radius 1 is 1.16 bits per heavy atom. The summed E-state index contributed by atoms with van der Waals surface area (Å²) in [7, 11) is 0. The topological polar surface area (TPSA) is 77.1 Å². The van der Waals surface area contributed by atoms with Crippen molar-refractivity contribution >= 4 is 17.1 Å². The molecule has 1 aromatic carbocycles. The first-order chi connectivity index (χ1) is 12.3. The largest absolute Gasteiger partial charge is 0.482 e. The number of hydrogen-bond acceptors (Lipinski definition) is 5. The standard InChI is InChI=1S/C19H21N3O3/c1-2-3-4-12-24-17(23)13-25-15-9-7-14(8-10-15)18-21-16-6-5-11-20-19(16)22-18/h5-11H,2-4,12-13H2,1H3,(H,20,21,22). The van der Waals surface area contributed by atoms with Crippen molar-refractivity contribution in [2.24, 2.45) is 0 Å². The molecule has 130 valence electrons. The second kappa shape index (κ2) is 8.28. The van der Waals surface area contributed by atoms with Crippen molar-refractivity contribution in [1.82, 2.24) is 15.0 Å². The summed E-state index contributed by atoms with van der Waals surface area (Å²) in [6, 6.07) is 11.2. The molecule has 0 unspecified atom stereocenters. The molecule has 0 bridgehead atoms. The van der Waals surface area contributed by atoms with E-state index < -0.39 is 0 Å². The average molecular weight is 339 g/mol. The van der Waals surface area contributed by atoms with Gasteiger partial charge < -0.3 is 14.5 Å². The van der Waals surface area contributed by atoms with E-state index in [2.05, 4.69) is 21.9 Å². The van der Waals surface area contributed by atoms with Crippen molar-refractivity contribution in [2.75, 3.05) is 13.2 Å². The van der Waals surface area contributed by atoms with Crippen LogP contribution in [0.3, 0.4) is 0 Å². The summed E-state index contributed by atoms with van der Waals surface area (Å²) < 4.78 is 10.6. The zero-order valence-electron chi connectivity index (χ0n) is 14.2. The van der Waals surface area contributed by atoms with Crippen LogP contribution in [0.15, 0.2) is 42.6 Å². The molecule has 6 nitrogen and oxygen atoms in total. The Kier molecular flexibility index (Phi) is 5.61. The van der Waals surface area contributed by atoms with Gasteiger partial charge in [-0.15, -0.1) is 0 Å². The molecule has 6 heteroatoms. The van der Waals surface area contributed by atoms with E-state index in [9.17, 15) is 4.79 Å². The van der Waals surface area contributed by atoms with Gasteiger partial charge >= 0.3 is 5.97 Å². The van der Waals surface area contributed by atoms with Crippen molar-refractivity contribution in [1.29, 1.82) is 0 Å². The van der Waals surface area contributed by atoms with Crippen LogP contribution in [-0.2, 0) is 9.53 Å². The number of carbonyl (C=O) groups excluding carboxylic acids is 1. The summed E-state index contributed by atoms with van der Waals surface area (Å²) in [6.45, 7) is 2.48. The molecule has 0 radical (unpaired) electrons. The number of H-pyrrole nitrogens is 1. The first kappa shape index (κ1) is 17.0. The molecule has 0 atom stereocenters. The van der Waals surface area contributed by atoms with Crippen LogP contribution in [0.25, 0.3) is 22.6 Å². The van der Waals surface area contributed by atoms with Gasteiger partial charge in [-0.25, -0.2) is 14.8 Å². The Balaban J connectivity index is 1.54. The number of esters is 1. The first-order valence-electron chi connectivity index (χ1n) is 8.46. The lowest BCUT2D eigenvalue weighted by Crippen LogP contribution is -2.15. The van der Waals surface area contributed by atoms with Crippen LogP contribution in [0, 0.1) is 0 Å². The fourth-order valence-electron chi connectivity index (χ4n) is 2.41. The molecule has 1 N–H and O–H groups in total. The van der Waals surface area contributed by atoms with E-state index >= 15 is 0 Å². The van der Waals surface area contributed by atoms with Crippen LogP contribution in [0.2, 0.25) is 0 Å². The Hall–Kier alpha value is -2.89. The molecule has 0 saturated heterocycles. The zero-order valence-corrected chi connectivity index (χ0v) is 14.2. The third-order valence-electron chi connectivity index (χ3n) is 3.75. The van der Waals surface area contributed by atoms with E-state index in [4.69, 9.17) is 9.47 Å². The summed E-state index contributed by atoms with van der Waals surface area (Å²) >= 11 is 0. The Morgan fingerprint density at radius 2 is 2.00 bits per heavy atom. The molecular formula is C19H21N3O3. The van der Waals surface area contributed by atoms with Crippen LogP contribution >= 0.6 is 0 Å². The highest BCUT2D eigenvalue weighted by atomic mass is 16.6. The van der Waals surface area contributed by atoms with Crippen LogP contribution in [-0.4, -0.2) is 34.1 Å². The number of aromatic amines is 1. The van der Waals surface area contributed by atoms with E-state index in [1.807, 2.05) is 24.3 Å². The average Bonchev–Trinajstić information content (AvgIpc) is 3.08. The minimum absolute atomic E-state index is 0.0833. The number of carbonyl (C=O) groups is 1. The van der Waals surface area contributed by atoms with Gasteiger partial charge in [0.05, 0.1) is 12.1 Å². The monoisotopic (exact) mass is 339 g/mol. The Labute approximate surface area is 146 Å². The number of nitrogens with zero attached hydrogens (tertiary/aromatic N) is 2. The fourth-order valence-corrected chi connectivity index (χ4v) is 2.41. The summed E-state index contributed by atoms with van der Waals surface area (Å²) in [5, 5.41) is 0. The number of aromatic nitrogens is 3. The van der Waals surface area contributed by atoms with Gasteiger partial charge in [-0.2, -0.15) is 0 Å². The first-order valence-corrected chi connectivity index (χ1v) is 8.46. The number of imidazole rings is 1. The van der Waals surface area contributed by atoms with Crippen molar-refractivity contribution in [3.63, 3.8) is 0 Å². The summed E-state index contributed by atoms with van der Waals surface area (Å²) in [5.74, 6) is 1.02. The highest BCUT2D eigenvalue weighted by molar-refractivity contribution is 5.75. The normalized spacial score (nSPS) is 10.8. The van der Waals surface area contributed by atoms with Gasteiger partial charge in [0.2, 0.25) is 0 Å². The number of unbranched alkanes of at least 4 members (excludes halogenated alkanes) is 2. The minimum atomic E-state index is -0.344. The van der Waals surface area contributed by atoms with E-state index in [1.54, 1.807) is 18.3 Å². The molecule has 2 heterocycles. The lowest BCUT2D eigenvalue weighted by Gasteiger charge is -2.07. The molecule has 0 amide bonds. The molecular weight excluding hydrogens is 318 g/mol. The number of benzene rings is 1. The van der Waals surface area contributed by atoms with E-state index in [0.717, 1.165) is 36.2 Å². The Bertz CT molecular complexity index is 794. The summed E-state index contributed by atoms with van der Waals surface area (Å²) in [6.07, 6.45) is 4.77. The SMILES string of the molecule is CCCCCOC(=O)COc1ccc(-c2nc3ncccc3[nH]2)cc1. The maximum absolute atomic E-state index is 11.6. The number of nitrogens with one attached hydrogen (secondary N) is 1. The van der Waals surface area contributed by atoms with Crippen LogP contribution in [0.1, 0.15) is 26.2 Å². The Morgan fingerprint density at radius 3 is 2.76 bits per heavy atom. The maximum Gasteiger partial charge on any atom is 0.344 e. The second-order valence-electron chi connectivity index (χ2n) is 5.70. The minimum Gasteiger partial charge on any atom is -0.482 e. The van der Waals surface area contributed by atoms with E-state index in [1.165, 1.54) is 0 Å². The van der Waals surface area contributed by atoms with Crippen molar-refractivity contribution in [3.8, 4) is 17.1 Å². The zero-order chi connectivity index (χ0) is 17.5. The third kappa shape index (κ3) is 4.56. The predicted molar refractivity (Wildman–Crippen MR) is 95.3 cm³/mol. The highest BCUT2D eigenvalue weighted by Gasteiger charge is 2.07. The molecule has 25 heavy (non-hydrogen) atoms. The van der Waals surface area contributed by atoms with Gasteiger partial charge in [-0.05, 0) is 42.8 Å². The van der Waals surface area contributed by atoms with Crippen LogP contribution in [0.5, 0.6) is 5.75 Å². The van der Waals surface area contributed by atoms with Gasteiger partial charge in [0.1, 0.15) is 11.6 Å². The smallest absolute Gasteiger partial charge is 0.344 e. The molecule has 0 aliphatic rings. The quantitative estimate of drug-likeness (QED) is 0.500.